The molecule has 1 heterocycles. The van der Waals surface area contributed by atoms with Crippen molar-refractivity contribution in [2.45, 2.75) is 74.1 Å². The van der Waals surface area contributed by atoms with Crippen LogP contribution in [0.2, 0.25) is 0 Å². The molecule has 0 atom stereocenters. The monoisotopic (exact) mass is 517 g/mol. The second kappa shape index (κ2) is 19.1. The van der Waals surface area contributed by atoms with E-state index in [0.717, 1.165) is 11.1 Å². The third-order valence-corrected chi connectivity index (χ3v) is 5.81. The maximum atomic E-state index is 13.1. The van der Waals surface area contributed by atoms with E-state index in [-0.39, 0.29) is 21.9 Å². The fourth-order valence-corrected chi connectivity index (χ4v) is 3.84. The summed E-state index contributed by atoms with van der Waals surface area (Å²) in [5, 5.41) is 0. The second-order valence-corrected chi connectivity index (χ2v) is 8.05. The zero-order chi connectivity index (χ0) is 28.3. The quantitative estimate of drug-likeness (QED) is 0.289. The minimum atomic E-state index is -3.83. The molecule has 0 amide bonds. The van der Waals surface area contributed by atoms with E-state index in [4.69, 9.17) is 4.84 Å². The van der Waals surface area contributed by atoms with Gasteiger partial charge in [-0.25, -0.2) is 8.42 Å². The lowest BCUT2D eigenvalue weighted by Gasteiger charge is -2.14. The number of ketones is 1. The van der Waals surface area contributed by atoms with Crippen LogP contribution in [0.25, 0.3) is 0 Å². The maximum Gasteiger partial charge on any atom is 0.261 e. The fourth-order valence-electron chi connectivity index (χ4n) is 2.75. The second-order valence-electron chi connectivity index (χ2n) is 6.36. The minimum absolute atomic E-state index is 0.128. The van der Waals surface area contributed by atoms with E-state index < -0.39 is 10.0 Å². The van der Waals surface area contributed by atoms with E-state index >= 15 is 0 Å². The number of aromatic nitrogens is 1. The van der Waals surface area contributed by atoms with Crippen molar-refractivity contribution in [1.29, 1.82) is 0 Å². The largest absolute Gasteiger partial charge is 0.288 e. The maximum absolute atomic E-state index is 13.1. The molecule has 0 aliphatic carbocycles. The number of anilines is 1. The van der Waals surface area contributed by atoms with Crippen LogP contribution < -0.4 is 14.3 Å². The van der Waals surface area contributed by atoms with Gasteiger partial charge in [0.2, 0.25) is 18.2 Å². The molecule has 0 aliphatic rings. The first-order chi connectivity index (χ1) is 17.3. The molecule has 7 heteroatoms. The zero-order valence-corrected chi connectivity index (χ0v) is 24.7. The van der Waals surface area contributed by atoms with E-state index in [1.807, 2.05) is 69.2 Å². The lowest BCUT2D eigenvalue weighted by atomic mass is 9.98. The first kappa shape index (κ1) is 35.0. The Balaban J connectivity index is 0. The van der Waals surface area contributed by atoms with Crippen LogP contribution in [0.15, 0.2) is 71.9 Å². The van der Waals surface area contributed by atoms with Gasteiger partial charge in [-0.05, 0) is 55.3 Å². The Morgan fingerprint density at radius 2 is 1.33 bits per heavy atom. The fraction of sp³-hybridized carbons (Fsp3) is 0.379. The van der Waals surface area contributed by atoms with E-state index in [9.17, 15) is 13.2 Å². The number of aryl methyl sites for hydroxylation is 2. The highest BCUT2D eigenvalue weighted by molar-refractivity contribution is 7.92. The standard InChI is InChI=1S/C21H20N2O4S.4C2H6/c1-15-12-19(21(24)17-8-7-11-23(14-17)27-3)20(13-16(15)2)22-28(25,26)18-9-5-4-6-10-18;4*1-2/h4-14H,1-3H3;4*1-2H3/p+1. The summed E-state index contributed by atoms with van der Waals surface area (Å²) in [6.07, 6.45) is 3.21. The molecule has 1 N–H and O–H groups in total. The summed E-state index contributed by atoms with van der Waals surface area (Å²) < 4.78 is 29.5. The zero-order valence-electron chi connectivity index (χ0n) is 23.8. The Labute approximate surface area is 219 Å². The molecule has 0 fully saturated rings. The Kier molecular flexibility index (Phi) is 18.5. The molecule has 3 rings (SSSR count). The number of pyridine rings is 1. The van der Waals surface area contributed by atoms with Gasteiger partial charge in [0.15, 0.2) is 0 Å². The Hall–Kier alpha value is -3.19. The smallest absolute Gasteiger partial charge is 0.261 e. The molecule has 200 valence electrons. The summed E-state index contributed by atoms with van der Waals surface area (Å²) in [7, 11) is -2.34. The van der Waals surface area contributed by atoms with Gasteiger partial charge < -0.3 is 0 Å². The van der Waals surface area contributed by atoms with Crippen LogP contribution in [0, 0.1) is 13.8 Å². The van der Waals surface area contributed by atoms with Crippen LogP contribution in [0.3, 0.4) is 0 Å². The molecule has 0 radical (unpaired) electrons. The van der Waals surface area contributed by atoms with E-state index in [1.165, 1.54) is 24.0 Å². The number of rotatable bonds is 6. The van der Waals surface area contributed by atoms with Crippen LogP contribution in [0.5, 0.6) is 0 Å². The van der Waals surface area contributed by atoms with Crippen LogP contribution >= 0.6 is 0 Å². The summed E-state index contributed by atoms with van der Waals surface area (Å²) in [6.45, 7) is 19.7. The summed E-state index contributed by atoms with van der Waals surface area (Å²) in [5.41, 5.74) is 2.66. The van der Waals surface area contributed by atoms with Gasteiger partial charge in [-0.1, -0.05) is 73.6 Å². The van der Waals surface area contributed by atoms with Crippen LogP contribution in [0.4, 0.5) is 5.69 Å². The van der Waals surface area contributed by atoms with Crippen molar-refractivity contribution in [3.63, 3.8) is 0 Å². The molecule has 36 heavy (non-hydrogen) atoms. The number of benzene rings is 2. The molecular weight excluding hydrogens is 472 g/mol. The van der Waals surface area contributed by atoms with Crippen LogP contribution in [-0.4, -0.2) is 21.3 Å². The average Bonchev–Trinajstić information content (AvgIpc) is 2.95. The molecule has 0 aliphatic heterocycles. The predicted octanol–water partition coefficient (Wildman–Crippen LogP) is 6.79. The van der Waals surface area contributed by atoms with Gasteiger partial charge in [-0.2, -0.15) is 0 Å². The van der Waals surface area contributed by atoms with Crippen molar-refractivity contribution in [2.75, 3.05) is 11.8 Å². The summed E-state index contributed by atoms with van der Waals surface area (Å²) in [6, 6.07) is 14.8. The Morgan fingerprint density at radius 1 is 0.806 bits per heavy atom. The average molecular weight is 518 g/mol. The van der Waals surface area contributed by atoms with Crippen molar-refractivity contribution in [1.82, 2.24) is 0 Å². The van der Waals surface area contributed by atoms with Crippen molar-refractivity contribution >= 4 is 21.5 Å². The number of nitrogens with zero attached hydrogens (tertiary/aromatic N) is 1. The Bertz CT molecular complexity index is 1130. The van der Waals surface area contributed by atoms with Crippen molar-refractivity contribution in [3.8, 4) is 0 Å². The molecular formula is C29H45N2O4S+. The predicted molar refractivity (Wildman–Crippen MR) is 151 cm³/mol. The molecule has 1 aromatic heterocycles. The highest BCUT2D eigenvalue weighted by Gasteiger charge is 2.22. The van der Waals surface area contributed by atoms with Crippen LogP contribution in [0.1, 0.15) is 82.4 Å². The summed E-state index contributed by atoms with van der Waals surface area (Å²) >= 11 is 0. The van der Waals surface area contributed by atoms with Gasteiger partial charge >= 0.3 is 0 Å². The molecule has 0 bridgehead atoms. The number of hydrogen-bond donors (Lipinski definition) is 1. The van der Waals surface area contributed by atoms with Crippen molar-refractivity contribution in [3.05, 3.63) is 89.2 Å². The summed E-state index contributed by atoms with van der Waals surface area (Å²) in [4.78, 5) is 18.4. The molecule has 3 aromatic rings. The molecule has 6 nitrogen and oxygen atoms in total. The van der Waals surface area contributed by atoms with E-state index in [2.05, 4.69) is 4.72 Å². The molecule has 0 spiro atoms. The third kappa shape index (κ3) is 10.2. The first-order valence-corrected chi connectivity index (χ1v) is 14.1. The van der Waals surface area contributed by atoms with Crippen molar-refractivity contribution in [2.24, 2.45) is 0 Å². The molecule has 0 saturated heterocycles. The Morgan fingerprint density at radius 3 is 1.86 bits per heavy atom. The number of nitrogens with one attached hydrogen (secondary N) is 1. The van der Waals surface area contributed by atoms with Gasteiger partial charge in [-0.3, -0.25) is 14.4 Å². The van der Waals surface area contributed by atoms with Gasteiger partial charge in [0.05, 0.1) is 16.1 Å². The topological polar surface area (TPSA) is 76.3 Å². The highest BCUT2D eigenvalue weighted by Crippen LogP contribution is 2.26. The van der Waals surface area contributed by atoms with Gasteiger partial charge in [0.25, 0.3) is 10.0 Å². The minimum Gasteiger partial charge on any atom is -0.288 e. The summed E-state index contributed by atoms with van der Waals surface area (Å²) in [5.74, 6) is -0.305. The SMILES string of the molecule is CC.CC.CC.CC.CO[n+]1cccc(C(=O)c2cc(C)c(C)cc2NS(=O)(=O)c2ccccc2)c1. The number of carbonyl (C=O) groups excluding carboxylic acids is 1. The number of carbonyl (C=O) groups is 1. The van der Waals surface area contributed by atoms with Crippen LogP contribution in [-0.2, 0) is 10.0 Å². The van der Waals surface area contributed by atoms with E-state index in [0.29, 0.717) is 5.56 Å². The lowest BCUT2D eigenvalue weighted by Crippen LogP contribution is -2.40. The van der Waals surface area contributed by atoms with Gasteiger partial charge in [-0.15, -0.1) is 0 Å². The molecule has 2 aromatic carbocycles. The van der Waals surface area contributed by atoms with E-state index in [1.54, 1.807) is 54.9 Å². The third-order valence-electron chi connectivity index (χ3n) is 4.42. The van der Waals surface area contributed by atoms with Gasteiger partial charge in [0.1, 0.15) is 7.11 Å². The number of sulfonamides is 1. The molecule has 0 unspecified atom stereocenters. The number of hydrogen-bond acceptors (Lipinski definition) is 4. The first-order valence-electron chi connectivity index (χ1n) is 12.6. The van der Waals surface area contributed by atoms with Gasteiger partial charge in [0, 0.05) is 16.4 Å². The normalized spacial score (nSPS) is 9.31. The highest BCUT2D eigenvalue weighted by atomic mass is 32.2. The molecule has 0 saturated carbocycles. The van der Waals surface area contributed by atoms with Crippen molar-refractivity contribution < 1.29 is 22.8 Å². The lowest BCUT2D eigenvalue weighted by molar-refractivity contribution is -0.885.